The summed E-state index contributed by atoms with van der Waals surface area (Å²) in [6.07, 6.45) is 2.42. The number of ether oxygens (including phenoxy) is 1. The van der Waals surface area contributed by atoms with E-state index in [4.69, 9.17) is 9.26 Å². The lowest BCUT2D eigenvalue weighted by Gasteiger charge is -2.35. The number of amides is 1. The van der Waals surface area contributed by atoms with Crippen molar-refractivity contribution in [3.63, 3.8) is 0 Å². The zero-order valence-corrected chi connectivity index (χ0v) is 17.4. The van der Waals surface area contributed by atoms with Gasteiger partial charge in [-0.3, -0.25) is 9.59 Å². The van der Waals surface area contributed by atoms with Crippen molar-refractivity contribution >= 4 is 17.7 Å². The van der Waals surface area contributed by atoms with Crippen LogP contribution in [0.3, 0.4) is 0 Å². The van der Waals surface area contributed by atoms with Gasteiger partial charge >= 0.3 is 5.97 Å². The Hall–Kier alpha value is -3.75. The lowest BCUT2D eigenvalue weighted by atomic mass is 10.1. The van der Waals surface area contributed by atoms with E-state index in [9.17, 15) is 9.59 Å². The Morgan fingerprint density at radius 2 is 1.87 bits per heavy atom. The molecule has 3 heterocycles. The van der Waals surface area contributed by atoms with Crippen LogP contribution in [0.15, 0.2) is 47.1 Å². The number of pyridine rings is 1. The van der Waals surface area contributed by atoms with E-state index in [0.29, 0.717) is 49.9 Å². The molecule has 0 N–H and O–H groups in total. The number of benzene rings is 1. The fraction of sp³-hybridized carbons (Fsp3) is 0.318. The molecule has 31 heavy (non-hydrogen) atoms. The molecule has 0 aliphatic carbocycles. The first-order chi connectivity index (χ1) is 15.0. The fourth-order valence-corrected chi connectivity index (χ4v) is 3.42. The molecule has 0 radical (unpaired) electrons. The lowest BCUT2D eigenvalue weighted by molar-refractivity contribution is -0.131. The zero-order valence-electron chi connectivity index (χ0n) is 17.4. The van der Waals surface area contributed by atoms with Gasteiger partial charge in [-0.15, -0.1) is 0 Å². The molecule has 0 bridgehead atoms. The Kier molecular flexibility index (Phi) is 5.92. The number of carbonyl (C=O) groups excluding carboxylic acids is 2. The van der Waals surface area contributed by atoms with Gasteiger partial charge in [-0.2, -0.15) is 4.98 Å². The smallest absolute Gasteiger partial charge is 0.308 e. The van der Waals surface area contributed by atoms with Crippen molar-refractivity contribution in [3.8, 4) is 17.1 Å². The molecule has 0 spiro atoms. The molecule has 1 saturated heterocycles. The van der Waals surface area contributed by atoms with E-state index in [0.717, 1.165) is 11.4 Å². The number of anilines is 1. The van der Waals surface area contributed by atoms with E-state index < -0.39 is 5.97 Å². The number of hydrogen-bond acceptors (Lipinski definition) is 8. The summed E-state index contributed by atoms with van der Waals surface area (Å²) in [7, 11) is 0. The molecule has 9 heteroatoms. The van der Waals surface area contributed by atoms with Crippen LogP contribution in [-0.2, 0) is 11.2 Å². The van der Waals surface area contributed by atoms with Crippen LogP contribution >= 0.6 is 0 Å². The zero-order chi connectivity index (χ0) is 21.8. The van der Waals surface area contributed by atoms with E-state index in [1.807, 2.05) is 19.1 Å². The van der Waals surface area contributed by atoms with Crippen LogP contribution in [0.4, 0.5) is 5.82 Å². The molecule has 9 nitrogen and oxygen atoms in total. The number of aromatic nitrogens is 3. The molecule has 1 fully saturated rings. The highest BCUT2D eigenvalue weighted by molar-refractivity contribution is 5.97. The van der Waals surface area contributed by atoms with Gasteiger partial charge in [-0.25, -0.2) is 4.98 Å². The highest BCUT2D eigenvalue weighted by Crippen LogP contribution is 2.23. The van der Waals surface area contributed by atoms with Crippen LogP contribution in [0.25, 0.3) is 11.4 Å². The van der Waals surface area contributed by atoms with Crippen molar-refractivity contribution < 1.29 is 18.8 Å². The van der Waals surface area contributed by atoms with E-state index in [2.05, 4.69) is 20.0 Å². The molecule has 3 aromatic rings. The Morgan fingerprint density at radius 1 is 1.10 bits per heavy atom. The number of hydrogen-bond donors (Lipinski definition) is 0. The first-order valence-corrected chi connectivity index (χ1v) is 10.2. The SMILES string of the molecule is CCc1nc(-c2ccc(N3CCN(C(=O)c4ccccc4OC(C)=O)CC3)nc2)no1. The fourth-order valence-electron chi connectivity index (χ4n) is 3.42. The molecular formula is C22H23N5O4. The third-order valence-corrected chi connectivity index (χ3v) is 5.04. The van der Waals surface area contributed by atoms with Gasteiger partial charge < -0.3 is 19.1 Å². The maximum Gasteiger partial charge on any atom is 0.308 e. The predicted molar refractivity (Wildman–Crippen MR) is 113 cm³/mol. The highest BCUT2D eigenvalue weighted by atomic mass is 16.5. The first-order valence-electron chi connectivity index (χ1n) is 10.2. The first kappa shape index (κ1) is 20.5. The third kappa shape index (κ3) is 4.55. The molecule has 0 unspecified atom stereocenters. The summed E-state index contributed by atoms with van der Waals surface area (Å²) in [6.45, 7) is 5.66. The van der Waals surface area contributed by atoms with E-state index in [1.54, 1.807) is 35.4 Å². The second kappa shape index (κ2) is 8.95. The summed E-state index contributed by atoms with van der Waals surface area (Å²) in [6, 6.07) is 10.6. The Bertz CT molecular complexity index is 1070. The van der Waals surface area contributed by atoms with Crippen molar-refractivity contribution in [3.05, 3.63) is 54.0 Å². The van der Waals surface area contributed by atoms with Gasteiger partial charge in [0.05, 0.1) is 5.56 Å². The molecule has 0 atom stereocenters. The topological polar surface area (TPSA) is 102 Å². The maximum absolute atomic E-state index is 13.0. The number of nitrogens with zero attached hydrogens (tertiary/aromatic N) is 5. The number of piperazine rings is 1. The molecule has 1 aliphatic heterocycles. The van der Waals surface area contributed by atoms with Gasteiger partial charge in [0.25, 0.3) is 5.91 Å². The maximum atomic E-state index is 13.0. The van der Waals surface area contributed by atoms with Gasteiger partial charge in [0, 0.05) is 51.3 Å². The second-order valence-electron chi connectivity index (χ2n) is 7.14. The normalized spacial score (nSPS) is 13.9. The van der Waals surface area contributed by atoms with Crippen LogP contribution in [0.1, 0.15) is 30.1 Å². The van der Waals surface area contributed by atoms with Crippen LogP contribution < -0.4 is 9.64 Å². The number of esters is 1. The summed E-state index contributed by atoms with van der Waals surface area (Å²) >= 11 is 0. The minimum absolute atomic E-state index is 0.149. The molecule has 0 saturated carbocycles. The van der Waals surface area contributed by atoms with E-state index in [-0.39, 0.29) is 11.7 Å². The van der Waals surface area contributed by atoms with Crippen LogP contribution in [0, 0.1) is 0 Å². The third-order valence-electron chi connectivity index (χ3n) is 5.04. The summed E-state index contributed by atoms with van der Waals surface area (Å²) in [5.41, 5.74) is 1.18. The number of aryl methyl sites for hydroxylation is 1. The largest absolute Gasteiger partial charge is 0.426 e. The van der Waals surface area contributed by atoms with Gasteiger partial charge in [0.2, 0.25) is 11.7 Å². The number of para-hydroxylation sites is 1. The average Bonchev–Trinajstić information content (AvgIpc) is 3.28. The minimum Gasteiger partial charge on any atom is -0.426 e. The molecule has 2 aromatic heterocycles. The molecule has 1 amide bonds. The van der Waals surface area contributed by atoms with Gasteiger partial charge in [-0.1, -0.05) is 24.2 Å². The molecule has 1 aliphatic rings. The standard InChI is InChI=1S/C22H23N5O4/c1-3-20-24-21(25-31-20)16-8-9-19(23-14-16)26-10-12-27(13-11-26)22(29)17-6-4-5-7-18(17)30-15(2)28/h4-9,14H,3,10-13H2,1-2H3. The monoisotopic (exact) mass is 421 g/mol. The van der Waals surface area contributed by atoms with Crippen molar-refractivity contribution in [1.29, 1.82) is 0 Å². The predicted octanol–water partition coefficient (Wildman–Crippen LogP) is 2.58. The minimum atomic E-state index is -0.452. The van der Waals surface area contributed by atoms with Gasteiger partial charge in [0.15, 0.2) is 0 Å². The quantitative estimate of drug-likeness (QED) is 0.458. The van der Waals surface area contributed by atoms with Crippen molar-refractivity contribution in [1.82, 2.24) is 20.0 Å². The summed E-state index contributed by atoms with van der Waals surface area (Å²) in [4.78, 5) is 37.0. The molecule has 4 rings (SSSR count). The van der Waals surface area contributed by atoms with Gasteiger partial charge in [-0.05, 0) is 24.3 Å². The molecular weight excluding hydrogens is 398 g/mol. The summed E-state index contributed by atoms with van der Waals surface area (Å²) in [5.74, 6) is 1.63. The average molecular weight is 421 g/mol. The summed E-state index contributed by atoms with van der Waals surface area (Å²) in [5, 5.41) is 3.97. The molecule has 1 aromatic carbocycles. The van der Waals surface area contributed by atoms with Gasteiger partial charge in [0.1, 0.15) is 11.6 Å². The van der Waals surface area contributed by atoms with E-state index in [1.165, 1.54) is 6.92 Å². The highest BCUT2D eigenvalue weighted by Gasteiger charge is 2.25. The Balaban J connectivity index is 1.40. The molecule has 160 valence electrons. The van der Waals surface area contributed by atoms with Crippen LogP contribution in [0.2, 0.25) is 0 Å². The van der Waals surface area contributed by atoms with Crippen molar-refractivity contribution in [2.24, 2.45) is 0 Å². The summed E-state index contributed by atoms with van der Waals surface area (Å²) < 4.78 is 10.3. The van der Waals surface area contributed by atoms with Crippen LogP contribution in [0.5, 0.6) is 5.75 Å². The van der Waals surface area contributed by atoms with E-state index >= 15 is 0 Å². The second-order valence-corrected chi connectivity index (χ2v) is 7.14. The number of rotatable bonds is 5. The Labute approximate surface area is 179 Å². The number of carbonyl (C=O) groups is 2. The van der Waals surface area contributed by atoms with Crippen molar-refractivity contribution in [2.45, 2.75) is 20.3 Å². The van der Waals surface area contributed by atoms with Crippen LogP contribution in [-0.4, -0.2) is 58.1 Å². The lowest BCUT2D eigenvalue weighted by Crippen LogP contribution is -2.49. The van der Waals surface area contributed by atoms with Crippen molar-refractivity contribution in [2.75, 3.05) is 31.1 Å². The Morgan fingerprint density at radius 3 is 2.52 bits per heavy atom.